The number of benzene rings is 1. The van der Waals surface area contributed by atoms with Crippen LogP contribution in [-0.2, 0) is 4.79 Å². The van der Waals surface area contributed by atoms with Crippen LogP contribution in [0.1, 0.15) is 14.5 Å². The molecule has 1 aliphatic heterocycles. The molecule has 0 saturated heterocycles. The zero-order valence-electron chi connectivity index (χ0n) is 11.8. The fourth-order valence-electron chi connectivity index (χ4n) is 1.97. The van der Waals surface area contributed by atoms with Crippen molar-refractivity contribution in [2.75, 3.05) is 6.61 Å². The van der Waals surface area contributed by atoms with Crippen LogP contribution in [0.15, 0.2) is 36.4 Å². The Labute approximate surface area is 131 Å². The number of hydrazine groups is 1. The number of carbonyl (C=O) groups is 2. The molecule has 0 saturated carbocycles. The van der Waals surface area contributed by atoms with Crippen LogP contribution < -0.4 is 20.3 Å². The number of amides is 2. The summed E-state index contributed by atoms with van der Waals surface area (Å²) in [6, 6.07) is 10.7. The van der Waals surface area contributed by atoms with Crippen LogP contribution in [0.2, 0.25) is 0 Å². The van der Waals surface area contributed by atoms with Gasteiger partial charge >= 0.3 is 0 Å². The number of fused-ring (bicyclic) bond motifs is 1. The molecule has 2 N–H and O–H groups in total. The van der Waals surface area contributed by atoms with Gasteiger partial charge in [0.1, 0.15) is 6.61 Å². The quantitative estimate of drug-likeness (QED) is 0.826. The minimum Gasteiger partial charge on any atom is -0.485 e. The lowest BCUT2D eigenvalue weighted by molar-refractivity contribution is -0.131. The van der Waals surface area contributed by atoms with Crippen LogP contribution in [0.5, 0.6) is 11.5 Å². The van der Waals surface area contributed by atoms with Gasteiger partial charge in [-0.1, -0.05) is 12.1 Å². The maximum absolute atomic E-state index is 12.0. The second-order valence-corrected chi connectivity index (χ2v) is 6.01. The van der Waals surface area contributed by atoms with Crippen LogP contribution in [0, 0.1) is 6.92 Å². The smallest absolute Gasteiger partial charge is 0.283 e. The SMILES string of the molecule is Cc1ccc(C(=O)NNC(=O)C2COc3ccccc3O2)s1. The maximum Gasteiger partial charge on any atom is 0.283 e. The second-order valence-electron chi connectivity index (χ2n) is 4.72. The molecule has 0 fully saturated rings. The maximum atomic E-state index is 12.0. The minimum absolute atomic E-state index is 0.0941. The van der Waals surface area contributed by atoms with E-state index in [1.54, 1.807) is 24.3 Å². The molecule has 1 unspecified atom stereocenters. The summed E-state index contributed by atoms with van der Waals surface area (Å²) in [5.74, 6) is 0.290. The predicted molar refractivity (Wildman–Crippen MR) is 81.0 cm³/mol. The van der Waals surface area contributed by atoms with Gasteiger partial charge in [-0.3, -0.25) is 20.4 Å². The molecule has 2 aromatic rings. The molecule has 0 bridgehead atoms. The van der Waals surface area contributed by atoms with Crippen molar-refractivity contribution in [2.24, 2.45) is 0 Å². The Balaban J connectivity index is 1.56. The molecule has 3 rings (SSSR count). The van der Waals surface area contributed by atoms with Crippen molar-refractivity contribution >= 4 is 23.2 Å². The van der Waals surface area contributed by atoms with Crippen LogP contribution >= 0.6 is 11.3 Å². The molecule has 0 spiro atoms. The van der Waals surface area contributed by atoms with E-state index >= 15 is 0 Å². The third kappa shape index (κ3) is 3.04. The van der Waals surface area contributed by atoms with E-state index in [-0.39, 0.29) is 12.5 Å². The van der Waals surface area contributed by atoms with Gasteiger partial charge in [0.05, 0.1) is 4.88 Å². The van der Waals surface area contributed by atoms with E-state index in [4.69, 9.17) is 9.47 Å². The van der Waals surface area contributed by atoms with Gasteiger partial charge in [-0.15, -0.1) is 11.3 Å². The van der Waals surface area contributed by atoms with E-state index in [1.807, 2.05) is 19.1 Å². The van der Waals surface area contributed by atoms with E-state index in [1.165, 1.54) is 11.3 Å². The standard InChI is InChI=1S/C15H14N2O4S/c1-9-6-7-13(22-9)15(19)17-16-14(18)12-8-20-10-4-2-3-5-11(10)21-12/h2-7,12H,8H2,1H3,(H,16,18)(H,17,19). The van der Waals surface area contributed by atoms with Gasteiger partial charge in [0.15, 0.2) is 11.5 Å². The first-order valence-electron chi connectivity index (χ1n) is 6.68. The minimum atomic E-state index is -0.805. The Hall–Kier alpha value is -2.54. The summed E-state index contributed by atoms with van der Waals surface area (Å²) in [5.41, 5.74) is 4.72. The third-order valence-electron chi connectivity index (χ3n) is 3.06. The molecular weight excluding hydrogens is 304 g/mol. The number of thiophene rings is 1. The van der Waals surface area contributed by atoms with Gasteiger partial charge in [0.2, 0.25) is 6.10 Å². The Morgan fingerprint density at radius 1 is 1.14 bits per heavy atom. The molecule has 6 nitrogen and oxygen atoms in total. The number of rotatable bonds is 2. The van der Waals surface area contributed by atoms with Gasteiger partial charge in [-0.2, -0.15) is 0 Å². The van der Waals surface area contributed by atoms with Crippen molar-refractivity contribution in [2.45, 2.75) is 13.0 Å². The predicted octanol–water partition coefficient (Wildman–Crippen LogP) is 1.66. The lowest BCUT2D eigenvalue weighted by Gasteiger charge is -2.25. The fourth-order valence-corrected chi connectivity index (χ4v) is 2.73. The summed E-state index contributed by atoms with van der Waals surface area (Å²) in [6.07, 6.45) is -0.805. The van der Waals surface area contributed by atoms with Gasteiger partial charge in [0, 0.05) is 4.88 Å². The van der Waals surface area contributed by atoms with E-state index in [9.17, 15) is 9.59 Å². The average Bonchev–Trinajstić information content (AvgIpc) is 2.98. The summed E-state index contributed by atoms with van der Waals surface area (Å²) in [4.78, 5) is 25.4. The Morgan fingerprint density at radius 3 is 2.64 bits per heavy atom. The molecule has 0 radical (unpaired) electrons. The second kappa shape index (κ2) is 6.07. The third-order valence-corrected chi connectivity index (χ3v) is 4.06. The van der Waals surface area contributed by atoms with Gasteiger partial charge in [-0.05, 0) is 31.2 Å². The number of carbonyl (C=O) groups excluding carboxylic acids is 2. The highest BCUT2D eigenvalue weighted by Crippen LogP contribution is 2.30. The van der Waals surface area contributed by atoms with Gasteiger partial charge < -0.3 is 9.47 Å². The highest BCUT2D eigenvalue weighted by atomic mass is 32.1. The normalized spacial score (nSPS) is 16.0. The van der Waals surface area contributed by atoms with Crippen molar-refractivity contribution in [1.82, 2.24) is 10.9 Å². The van der Waals surface area contributed by atoms with E-state index in [2.05, 4.69) is 10.9 Å². The Kier molecular flexibility index (Phi) is 3.97. The molecule has 7 heteroatoms. The molecule has 0 aliphatic carbocycles. The van der Waals surface area contributed by atoms with Crippen molar-refractivity contribution in [3.63, 3.8) is 0 Å². The van der Waals surface area contributed by atoms with Crippen LogP contribution in [0.4, 0.5) is 0 Å². The van der Waals surface area contributed by atoms with Crippen molar-refractivity contribution in [1.29, 1.82) is 0 Å². The fraction of sp³-hybridized carbons (Fsp3) is 0.200. The van der Waals surface area contributed by atoms with Crippen molar-refractivity contribution in [3.8, 4) is 11.5 Å². The summed E-state index contributed by atoms with van der Waals surface area (Å²) >= 11 is 1.35. The number of hydrogen-bond acceptors (Lipinski definition) is 5. The first-order valence-corrected chi connectivity index (χ1v) is 7.50. The van der Waals surface area contributed by atoms with Crippen LogP contribution in [0.3, 0.4) is 0 Å². The molecule has 22 heavy (non-hydrogen) atoms. The number of aryl methyl sites for hydroxylation is 1. The van der Waals surface area contributed by atoms with E-state index in [0.717, 1.165) is 4.88 Å². The van der Waals surface area contributed by atoms with Crippen molar-refractivity contribution < 1.29 is 19.1 Å². The number of hydrogen-bond donors (Lipinski definition) is 2. The highest BCUT2D eigenvalue weighted by Gasteiger charge is 2.27. The molecule has 1 aromatic carbocycles. The number of para-hydroxylation sites is 2. The lowest BCUT2D eigenvalue weighted by atomic mass is 10.2. The van der Waals surface area contributed by atoms with Gasteiger partial charge in [0.25, 0.3) is 11.8 Å². The van der Waals surface area contributed by atoms with Crippen LogP contribution in [-0.4, -0.2) is 24.5 Å². The van der Waals surface area contributed by atoms with E-state index in [0.29, 0.717) is 16.4 Å². The number of ether oxygens (including phenoxy) is 2. The Morgan fingerprint density at radius 2 is 1.91 bits per heavy atom. The molecule has 2 amide bonds. The van der Waals surface area contributed by atoms with Gasteiger partial charge in [-0.25, -0.2) is 0 Å². The molecule has 114 valence electrons. The lowest BCUT2D eigenvalue weighted by Crippen LogP contribution is -2.50. The Bertz CT molecular complexity index is 713. The van der Waals surface area contributed by atoms with Crippen molar-refractivity contribution in [3.05, 3.63) is 46.2 Å². The zero-order chi connectivity index (χ0) is 15.5. The summed E-state index contributed by atoms with van der Waals surface area (Å²) in [5, 5.41) is 0. The molecule has 1 aromatic heterocycles. The first kappa shape index (κ1) is 14.4. The van der Waals surface area contributed by atoms with Crippen LogP contribution in [0.25, 0.3) is 0 Å². The number of nitrogens with one attached hydrogen (secondary N) is 2. The molecule has 1 aliphatic rings. The molecule has 1 atom stereocenters. The zero-order valence-corrected chi connectivity index (χ0v) is 12.6. The molecular formula is C15H14N2O4S. The summed E-state index contributed by atoms with van der Waals surface area (Å²) in [6.45, 7) is 2.00. The summed E-state index contributed by atoms with van der Waals surface area (Å²) in [7, 11) is 0. The monoisotopic (exact) mass is 318 g/mol. The average molecular weight is 318 g/mol. The molecule has 2 heterocycles. The first-order chi connectivity index (χ1) is 10.6. The largest absolute Gasteiger partial charge is 0.485 e. The summed E-state index contributed by atoms with van der Waals surface area (Å²) < 4.78 is 11.0. The van der Waals surface area contributed by atoms with E-state index < -0.39 is 12.0 Å². The highest BCUT2D eigenvalue weighted by molar-refractivity contribution is 7.13. The topological polar surface area (TPSA) is 76.7 Å².